The van der Waals surface area contributed by atoms with Crippen LogP contribution in [0.15, 0.2) is 24.3 Å². The molecule has 0 N–H and O–H groups in total. The molecular formula is C14H13BrO3. The summed E-state index contributed by atoms with van der Waals surface area (Å²) in [5, 5.41) is 0.593. The number of fused-ring (bicyclic) bond motifs is 1. The second kappa shape index (κ2) is 4.19. The number of halogens is 1. The van der Waals surface area contributed by atoms with Crippen molar-refractivity contribution in [1.82, 2.24) is 0 Å². The molecule has 4 heteroatoms. The summed E-state index contributed by atoms with van der Waals surface area (Å²) in [7, 11) is 0. The van der Waals surface area contributed by atoms with Crippen LogP contribution in [0.3, 0.4) is 0 Å². The third kappa shape index (κ3) is 1.55. The van der Waals surface area contributed by atoms with Gasteiger partial charge in [0.05, 0.1) is 0 Å². The number of carbonyl (C=O) groups is 2. The molecule has 0 bridgehead atoms. The van der Waals surface area contributed by atoms with Gasteiger partial charge >= 0.3 is 5.97 Å². The fraction of sp³-hybridized carbons (Fsp3) is 0.429. The van der Waals surface area contributed by atoms with Gasteiger partial charge in [-0.25, -0.2) is 0 Å². The number of ketones is 1. The summed E-state index contributed by atoms with van der Waals surface area (Å²) in [5.41, 5.74) is 0.811. The highest BCUT2D eigenvalue weighted by Gasteiger charge is 2.55. The molecular weight excluding hydrogens is 296 g/mol. The average Bonchev–Trinajstić information content (AvgIpc) is 2.72. The Morgan fingerprint density at radius 3 is 2.83 bits per heavy atom. The SMILES string of the molecule is O=C1OC(CBr)CC12CCc1ccccc1C2=O. The van der Waals surface area contributed by atoms with Crippen LogP contribution in [0.1, 0.15) is 28.8 Å². The third-order valence-electron chi connectivity index (χ3n) is 3.93. The van der Waals surface area contributed by atoms with Gasteiger partial charge in [0, 0.05) is 17.3 Å². The van der Waals surface area contributed by atoms with Gasteiger partial charge in [0.2, 0.25) is 0 Å². The summed E-state index contributed by atoms with van der Waals surface area (Å²) in [6.45, 7) is 0. The molecule has 2 atom stereocenters. The van der Waals surface area contributed by atoms with Gasteiger partial charge in [-0.05, 0) is 18.4 Å². The molecule has 3 rings (SSSR count). The lowest BCUT2D eigenvalue weighted by Gasteiger charge is -2.29. The first-order chi connectivity index (χ1) is 8.67. The molecule has 2 unspecified atom stereocenters. The highest BCUT2D eigenvalue weighted by Crippen LogP contribution is 2.45. The van der Waals surface area contributed by atoms with E-state index in [1.165, 1.54) is 0 Å². The van der Waals surface area contributed by atoms with Crippen molar-refractivity contribution in [3.8, 4) is 0 Å². The van der Waals surface area contributed by atoms with Gasteiger partial charge in [-0.2, -0.15) is 0 Å². The number of Topliss-reactive ketones (excluding diaryl/α,β-unsaturated/α-hetero) is 1. The van der Waals surface area contributed by atoms with E-state index in [2.05, 4.69) is 15.9 Å². The Bertz CT molecular complexity index is 526. The van der Waals surface area contributed by atoms with Crippen molar-refractivity contribution >= 4 is 27.7 Å². The number of cyclic esters (lactones) is 1. The van der Waals surface area contributed by atoms with Crippen LogP contribution in [-0.2, 0) is 16.0 Å². The van der Waals surface area contributed by atoms with E-state index >= 15 is 0 Å². The Kier molecular flexibility index (Phi) is 2.77. The molecule has 0 amide bonds. The van der Waals surface area contributed by atoms with E-state index in [4.69, 9.17) is 4.74 Å². The second-order valence-corrected chi connectivity index (χ2v) is 5.60. The van der Waals surface area contributed by atoms with E-state index in [1.807, 2.05) is 24.3 Å². The van der Waals surface area contributed by atoms with Crippen molar-refractivity contribution in [3.63, 3.8) is 0 Å². The summed E-state index contributed by atoms with van der Waals surface area (Å²) in [6, 6.07) is 7.55. The summed E-state index contributed by atoms with van der Waals surface area (Å²) in [6.07, 6.45) is 1.67. The van der Waals surface area contributed by atoms with Crippen LogP contribution in [0.4, 0.5) is 0 Å². The fourth-order valence-corrected chi connectivity index (χ4v) is 3.29. The van der Waals surface area contributed by atoms with Gasteiger partial charge in [-0.3, -0.25) is 9.59 Å². The normalized spacial score (nSPS) is 30.4. The lowest BCUT2D eigenvalue weighted by Crippen LogP contribution is -2.40. The maximum atomic E-state index is 12.6. The summed E-state index contributed by atoms with van der Waals surface area (Å²) in [4.78, 5) is 24.7. The van der Waals surface area contributed by atoms with Crippen LogP contribution < -0.4 is 0 Å². The second-order valence-electron chi connectivity index (χ2n) is 4.95. The zero-order valence-corrected chi connectivity index (χ0v) is 11.4. The van der Waals surface area contributed by atoms with Crippen molar-refractivity contribution in [3.05, 3.63) is 35.4 Å². The molecule has 1 spiro atoms. The summed E-state index contributed by atoms with van der Waals surface area (Å²) < 4.78 is 5.28. The van der Waals surface area contributed by atoms with E-state index in [0.29, 0.717) is 23.7 Å². The van der Waals surface area contributed by atoms with Gasteiger partial charge in [0.25, 0.3) is 0 Å². The molecule has 0 radical (unpaired) electrons. The van der Waals surface area contributed by atoms with Gasteiger partial charge in [0.1, 0.15) is 11.5 Å². The van der Waals surface area contributed by atoms with E-state index < -0.39 is 5.41 Å². The first kappa shape index (κ1) is 11.9. The predicted octanol–water partition coefficient (Wildman–Crippen LogP) is 2.51. The zero-order valence-electron chi connectivity index (χ0n) is 9.82. The molecule has 1 aromatic rings. The van der Waals surface area contributed by atoms with Gasteiger partial charge in [-0.1, -0.05) is 40.2 Å². The van der Waals surface area contributed by atoms with Gasteiger partial charge in [-0.15, -0.1) is 0 Å². The Hall–Kier alpha value is -1.16. The Morgan fingerprint density at radius 1 is 1.33 bits per heavy atom. The van der Waals surface area contributed by atoms with E-state index in [1.54, 1.807) is 0 Å². The molecule has 1 saturated heterocycles. The number of rotatable bonds is 1. The molecule has 1 aliphatic carbocycles. The number of carbonyl (C=O) groups excluding carboxylic acids is 2. The molecule has 1 heterocycles. The van der Waals surface area contributed by atoms with Crippen molar-refractivity contribution in [2.75, 3.05) is 5.33 Å². The standard InChI is InChI=1S/C14H13BrO3/c15-8-10-7-14(13(17)18-10)6-5-9-3-1-2-4-11(9)12(14)16/h1-4,10H,5-8H2. The number of benzene rings is 1. The first-order valence-electron chi connectivity index (χ1n) is 6.07. The number of esters is 1. The van der Waals surface area contributed by atoms with Crippen molar-refractivity contribution in [1.29, 1.82) is 0 Å². The van der Waals surface area contributed by atoms with Gasteiger partial charge < -0.3 is 4.74 Å². The number of aryl methyl sites for hydroxylation is 1. The van der Waals surface area contributed by atoms with Crippen LogP contribution in [0, 0.1) is 5.41 Å². The zero-order chi connectivity index (χ0) is 12.8. The highest BCUT2D eigenvalue weighted by atomic mass is 79.9. The van der Waals surface area contributed by atoms with Crippen molar-refractivity contribution < 1.29 is 14.3 Å². The molecule has 18 heavy (non-hydrogen) atoms. The van der Waals surface area contributed by atoms with Crippen molar-refractivity contribution in [2.45, 2.75) is 25.4 Å². The largest absolute Gasteiger partial charge is 0.461 e. The minimum atomic E-state index is -0.924. The molecule has 1 aliphatic heterocycles. The fourth-order valence-electron chi connectivity index (χ4n) is 2.93. The summed E-state index contributed by atoms with van der Waals surface area (Å²) in [5.74, 6) is -0.399. The highest BCUT2D eigenvalue weighted by molar-refractivity contribution is 9.09. The maximum absolute atomic E-state index is 12.6. The number of ether oxygens (including phenoxy) is 1. The van der Waals surface area contributed by atoms with Crippen LogP contribution in [0.25, 0.3) is 0 Å². The lowest BCUT2D eigenvalue weighted by molar-refractivity contribution is -0.146. The molecule has 3 nitrogen and oxygen atoms in total. The number of hydrogen-bond donors (Lipinski definition) is 0. The number of alkyl halides is 1. The molecule has 0 aromatic heterocycles. The lowest BCUT2D eigenvalue weighted by atomic mass is 9.69. The summed E-state index contributed by atoms with van der Waals surface area (Å²) >= 11 is 3.32. The maximum Gasteiger partial charge on any atom is 0.320 e. The molecule has 94 valence electrons. The Balaban J connectivity index is 2.02. The van der Waals surface area contributed by atoms with Gasteiger partial charge in [0.15, 0.2) is 5.78 Å². The van der Waals surface area contributed by atoms with E-state index in [9.17, 15) is 9.59 Å². The van der Waals surface area contributed by atoms with Crippen LogP contribution in [0.2, 0.25) is 0 Å². The molecule has 1 aromatic carbocycles. The minimum Gasteiger partial charge on any atom is -0.461 e. The number of hydrogen-bond acceptors (Lipinski definition) is 3. The monoisotopic (exact) mass is 308 g/mol. The molecule has 0 saturated carbocycles. The molecule has 2 aliphatic rings. The van der Waals surface area contributed by atoms with Crippen molar-refractivity contribution in [2.24, 2.45) is 5.41 Å². The molecule has 1 fully saturated rings. The topological polar surface area (TPSA) is 43.4 Å². The average molecular weight is 309 g/mol. The van der Waals surface area contributed by atoms with Crippen LogP contribution >= 0.6 is 15.9 Å². The minimum absolute atomic E-state index is 0.0576. The Labute approximate surface area is 114 Å². The third-order valence-corrected chi connectivity index (χ3v) is 4.65. The van der Waals surface area contributed by atoms with E-state index in [0.717, 1.165) is 12.0 Å². The quantitative estimate of drug-likeness (QED) is 0.455. The first-order valence-corrected chi connectivity index (χ1v) is 7.19. The van der Waals surface area contributed by atoms with Crippen LogP contribution in [-0.4, -0.2) is 23.2 Å². The predicted molar refractivity (Wildman–Crippen MR) is 69.8 cm³/mol. The smallest absolute Gasteiger partial charge is 0.320 e. The van der Waals surface area contributed by atoms with E-state index in [-0.39, 0.29) is 17.9 Å². The van der Waals surface area contributed by atoms with Crippen LogP contribution in [0.5, 0.6) is 0 Å². The Morgan fingerprint density at radius 2 is 2.11 bits per heavy atom.